The minimum absolute atomic E-state index is 0.0776. The number of hydrogen-bond donors (Lipinski definition) is 2. The highest BCUT2D eigenvalue weighted by atomic mass is 16.7. The number of aliphatic carboxylic acids is 1. The number of rotatable bonds is 8. The lowest BCUT2D eigenvalue weighted by atomic mass is 9.67. The van der Waals surface area contributed by atoms with E-state index >= 15 is 0 Å². The van der Waals surface area contributed by atoms with Crippen LogP contribution in [0.1, 0.15) is 62.0 Å². The first kappa shape index (κ1) is 22.3. The van der Waals surface area contributed by atoms with E-state index in [2.05, 4.69) is 46.0 Å². The summed E-state index contributed by atoms with van der Waals surface area (Å²) in [7, 11) is 0. The SMILES string of the molecule is O=C(O)CC1C=C(c2ccc(-c3noc(CCC4(c5ccccc5)CCCCC4)n3)cc2)NO1. The first-order chi connectivity index (χ1) is 16.6. The highest BCUT2D eigenvalue weighted by Gasteiger charge is 2.34. The summed E-state index contributed by atoms with van der Waals surface area (Å²) in [5.74, 6) is 0.350. The molecule has 3 aromatic rings. The zero-order valence-electron chi connectivity index (χ0n) is 19.1. The maximum atomic E-state index is 10.9. The number of carbonyl (C=O) groups is 1. The molecule has 34 heavy (non-hydrogen) atoms. The Bertz CT molecular complexity index is 1150. The monoisotopic (exact) mass is 459 g/mol. The first-order valence-corrected chi connectivity index (χ1v) is 12.0. The third-order valence-corrected chi connectivity index (χ3v) is 6.99. The summed E-state index contributed by atoms with van der Waals surface area (Å²) in [6.07, 6.45) is 9.26. The lowest BCUT2D eigenvalue weighted by molar-refractivity contribution is -0.139. The molecule has 1 fully saturated rings. The lowest BCUT2D eigenvalue weighted by Crippen LogP contribution is -2.29. The summed E-state index contributed by atoms with van der Waals surface area (Å²) in [5.41, 5.74) is 6.95. The van der Waals surface area contributed by atoms with E-state index < -0.39 is 12.1 Å². The molecule has 7 nitrogen and oxygen atoms in total. The average Bonchev–Trinajstić information content (AvgIpc) is 3.54. The van der Waals surface area contributed by atoms with E-state index in [9.17, 15) is 4.79 Å². The van der Waals surface area contributed by atoms with Gasteiger partial charge in [-0.15, -0.1) is 0 Å². The third kappa shape index (κ3) is 4.89. The minimum Gasteiger partial charge on any atom is -0.481 e. The van der Waals surface area contributed by atoms with Gasteiger partial charge in [-0.3, -0.25) is 15.1 Å². The third-order valence-electron chi connectivity index (χ3n) is 6.99. The Labute approximate surface area is 198 Å². The van der Waals surface area contributed by atoms with Gasteiger partial charge >= 0.3 is 5.97 Å². The van der Waals surface area contributed by atoms with Crippen molar-refractivity contribution >= 4 is 11.7 Å². The Morgan fingerprint density at radius 1 is 1.03 bits per heavy atom. The van der Waals surface area contributed by atoms with Crippen LogP contribution in [0.25, 0.3) is 17.1 Å². The largest absolute Gasteiger partial charge is 0.481 e. The van der Waals surface area contributed by atoms with Crippen molar-refractivity contribution in [2.45, 2.75) is 62.9 Å². The molecule has 2 heterocycles. The molecule has 0 radical (unpaired) electrons. The van der Waals surface area contributed by atoms with E-state index in [1.165, 1.54) is 37.7 Å². The van der Waals surface area contributed by atoms with E-state index in [0.29, 0.717) is 11.7 Å². The predicted molar refractivity (Wildman–Crippen MR) is 127 cm³/mol. The van der Waals surface area contributed by atoms with Gasteiger partial charge in [-0.25, -0.2) is 0 Å². The molecule has 2 N–H and O–H groups in total. The Kier molecular flexibility index (Phi) is 6.45. The molecule has 1 aliphatic carbocycles. The molecule has 1 aromatic heterocycles. The Balaban J connectivity index is 1.25. The smallest absolute Gasteiger partial charge is 0.306 e. The zero-order chi connectivity index (χ0) is 23.4. The summed E-state index contributed by atoms with van der Waals surface area (Å²) in [4.78, 5) is 20.8. The number of nitrogens with one attached hydrogen (secondary N) is 1. The van der Waals surface area contributed by atoms with E-state index in [1.54, 1.807) is 6.08 Å². The molecule has 0 amide bonds. The van der Waals surface area contributed by atoms with Crippen LogP contribution in [-0.4, -0.2) is 27.3 Å². The number of benzene rings is 2. The van der Waals surface area contributed by atoms with Crippen molar-refractivity contribution in [1.82, 2.24) is 15.6 Å². The number of carboxylic acids is 1. The summed E-state index contributed by atoms with van der Waals surface area (Å²) in [5, 5.41) is 13.1. The fourth-order valence-electron chi connectivity index (χ4n) is 5.14. The Morgan fingerprint density at radius 2 is 1.76 bits per heavy atom. The van der Waals surface area contributed by atoms with E-state index in [-0.39, 0.29) is 11.8 Å². The molecule has 1 atom stereocenters. The quantitative estimate of drug-likeness (QED) is 0.472. The fourth-order valence-corrected chi connectivity index (χ4v) is 5.14. The van der Waals surface area contributed by atoms with Gasteiger partial charge in [0.1, 0.15) is 6.10 Å². The molecule has 176 valence electrons. The first-order valence-electron chi connectivity index (χ1n) is 12.0. The second-order valence-corrected chi connectivity index (χ2v) is 9.23. The zero-order valence-corrected chi connectivity index (χ0v) is 19.1. The van der Waals surface area contributed by atoms with Gasteiger partial charge in [-0.05, 0) is 41.9 Å². The predicted octanol–water partition coefficient (Wildman–Crippen LogP) is 5.29. The van der Waals surface area contributed by atoms with Crippen molar-refractivity contribution in [3.8, 4) is 11.4 Å². The van der Waals surface area contributed by atoms with Crippen LogP contribution in [0.4, 0.5) is 0 Å². The maximum absolute atomic E-state index is 10.9. The molecule has 2 aromatic carbocycles. The highest BCUT2D eigenvalue weighted by Crippen LogP contribution is 2.42. The summed E-state index contributed by atoms with van der Waals surface area (Å²) in [6.45, 7) is 0. The molecule has 1 unspecified atom stereocenters. The topological polar surface area (TPSA) is 97.5 Å². The minimum atomic E-state index is -0.897. The van der Waals surface area contributed by atoms with Crippen molar-refractivity contribution in [3.63, 3.8) is 0 Å². The number of aromatic nitrogens is 2. The van der Waals surface area contributed by atoms with Crippen LogP contribution in [0.3, 0.4) is 0 Å². The molecule has 2 aliphatic rings. The van der Waals surface area contributed by atoms with E-state index in [0.717, 1.165) is 29.7 Å². The fraction of sp³-hybridized carbons (Fsp3) is 0.370. The summed E-state index contributed by atoms with van der Waals surface area (Å²) >= 11 is 0. The Hall–Kier alpha value is -3.45. The molecule has 0 saturated heterocycles. The van der Waals surface area contributed by atoms with Crippen LogP contribution in [0, 0.1) is 0 Å². The van der Waals surface area contributed by atoms with Crippen molar-refractivity contribution < 1.29 is 19.3 Å². The van der Waals surface area contributed by atoms with Gasteiger partial charge in [-0.1, -0.05) is 79.0 Å². The van der Waals surface area contributed by atoms with Crippen LogP contribution in [0.2, 0.25) is 0 Å². The van der Waals surface area contributed by atoms with Crippen LogP contribution >= 0.6 is 0 Å². The molecule has 0 spiro atoms. The second-order valence-electron chi connectivity index (χ2n) is 9.23. The number of nitrogens with zero attached hydrogens (tertiary/aromatic N) is 2. The Morgan fingerprint density at radius 3 is 2.50 bits per heavy atom. The highest BCUT2D eigenvalue weighted by molar-refractivity contribution is 5.71. The second kappa shape index (κ2) is 9.81. The van der Waals surface area contributed by atoms with Crippen molar-refractivity contribution in [2.24, 2.45) is 0 Å². The molecule has 1 saturated carbocycles. The van der Waals surface area contributed by atoms with E-state index in [4.69, 9.17) is 14.5 Å². The normalized spacial score (nSPS) is 19.4. The van der Waals surface area contributed by atoms with Gasteiger partial charge in [-0.2, -0.15) is 4.98 Å². The number of hydroxylamine groups is 1. The van der Waals surface area contributed by atoms with Gasteiger partial charge in [0.15, 0.2) is 0 Å². The van der Waals surface area contributed by atoms with Gasteiger partial charge in [0.25, 0.3) is 0 Å². The van der Waals surface area contributed by atoms with Gasteiger partial charge in [0.05, 0.1) is 12.1 Å². The van der Waals surface area contributed by atoms with Crippen LogP contribution in [0.15, 0.2) is 65.2 Å². The number of carboxylic acid groups (broad SMARTS) is 1. The van der Waals surface area contributed by atoms with Crippen molar-refractivity contribution in [2.75, 3.05) is 0 Å². The summed E-state index contributed by atoms with van der Waals surface area (Å²) in [6, 6.07) is 18.6. The maximum Gasteiger partial charge on any atom is 0.306 e. The number of aryl methyl sites for hydroxylation is 1. The van der Waals surface area contributed by atoms with Crippen LogP contribution < -0.4 is 5.48 Å². The van der Waals surface area contributed by atoms with Crippen LogP contribution in [-0.2, 0) is 21.5 Å². The molecule has 5 rings (SSSR count). The molecular formula is C27H29N3O4. The molecule has 7 heteroatoms. The average molecular weight is 460 g/mol. The van der Waals surface area contributed by atoms with Crippen molar-refractivity contribution in [3.05, 3.63) is 77.7 Å². The van der Waals surface area contributed by atoms with Gasteiger partial charge in [0.2, 0.25) is 11.7 Å². The van der Waals surface area contributed by atoms with Gasteiger partial charge < -0.3 is 9.63 Å². The molecule has 0 bridgehead atoms. The van der Waals surface area contributed by atoms with Gasteiger partial charge in [0, 0.05) is 12.0 Å². The summed E-state index contributed by atoms with van der Waals surface area (Å²) < 4.78 is 5.61. The standard InChI is InChI=1S/C27H29N3O4/c31-25(32)18-22-17-23(29-33-22)19-9-11-20(12-10-19)26-28-24(34-30-26)13-16-27(14-5-2-6-15-27)21-7-3-1-4-8-21/h1,3-4,7-12,17,22,29H,2,5-6,13-16,18H2,(H,31,32). The molecule has 1 aliphatic heterocycles. The van der Waals surface area contributed by atoms with Crippen LogP contribution in [0.5, 0.6) is 0 Å². The van der Waals surface area contributed by atoms with Crippen molar-refractivity contribution in [1.29, 1.82) is 0 Å². The molecular weight excluding hydrogens is 430 g/mol. The van der Waals surface area contributed by atoms with E-state index in [1.807, 2.05) is 24.3 Å². The lowest BCUT2D eigenvalue weighted by Gasteiger charge is -2.38. The number of hydrogen-bond acceptors (Lipinski definition) is 6.